The molecular formula is C19H24F5NO4. The first-order valence-corrected chi connectivity index (χ1v) is 9.36. The molecule has 0 aliphatic rings. The zero-order valence-corrected chi connectivity index (χ0v) is 16.5. The monoisotopic (exact) mass is 425 g/mol. The Labute approximate surface area is 165 Å². The summed E-state index contributed by atoms with van der Waals surface area (Å²) in [5.41, 5.74) is -5.50. The van der Waals surface area contributed by atoms with Gasteiger partial charge < -0.3 is 9.47 Å². The third kappa shape index (κ3) is 6.37. The van der Waals surface area contributed by atoms with E-state index in [2.05, 4.69) is 4.98 Å². The van der Waals surface area contributed by atoms with Crippen LogP contribution in [0, 0.1) is 0 Å². The Morgan fingerprint density at radius 1 is 0.931 bits per heavy atom. The standard InChI is InChI=1S/C19H24F5NO4/c1-4-7-9-28-17(26)12-11(6-3)13(18(27)29-10-8-5-2)15(19(22,23)24)25-14(12)16(20)21/h16H,4-10H2,1-3H3. The molecule has 5 nitrogen and oxygen atoms in total. The first-order chi connectivity index (χ1) is 13.6. The SMILES string of the molecule is CCCCOC(=O)c1c(C(F)F)nc(C(F)(F)F)c(C(=O)OCCCC)c1CC. The summed E-state index contributed by atoms with van der Waals surface area (Å²) in [4.78, 5) is 27.7. The normalized spacial score (nSPS) is 11.6. The number of ether oxygens (including phenoxy) is 2. The lowest BCUT2D eigenvalue weighted by molar-refractivity contribution is -0.142. The molecule has 0 amide bonds. The third-order valence-electron chi connectivity index (χ3n) is 4.03. The van der Waals surface area contributed by atoms with Gasteiger partial charge in [0.05, 0.1) is 24.3 Å². The fraction of sp³-hybridized carbons (Fsp3) is 0.632. The van der Waals surface area contributed by atoms with Crippen molar-refractivity contribution in [2.75, 3.05) is 13.2 Å². The number of carbonyl (C=O) groups excluding carboxylic acids is 2. The average Bonchev–Trinajstić information content (AvgIpc) is 2.65. The van der Waals surface area contributed by atoms with E-state index in [-0.39, 0.29) is 19.6 Å². The molecular weight excluding hydrogens is 401 g/mol. The molecule has 0 bridgehead atoms. The van der Waals surface area contributed by atoms with Gasteiger partial charge in [-0.25, -0.2) is 23.4 Å². The van der Waals surface area contributed by atoms with E-state index >= 15 is 0 Å². The lowest BCUT2D eigenvalue weighted by Gasteiger charge is -2.20. The predicted octanol–water partition coefficient (Wildman–Crippen LogP) is 5.51. The summed E-state index contributed by atoms with van der Waals surface area (Å²) in [6.45, 7) is 4.69. The van der Waals surface area contributed by atoms with E-state index in [1.807, 2.05) is 0 Å². The van der Waals surface area contributed by atoms with Crippen molar-refractivity contribution in [3.8, 4) is 0 Å². The first-order valence-electron chi connectivity index (χ1n) is 9.36. The van der Waals surface area contributed by atoms with Gasteiger partial charge in [0.2, 0.25) is 0 Å². The number of aromatic nitrogens is 1. The lowest BCUT2D eigenvalue weighted by Crippen LogP contribution is -2.25. The summed E-state index contributed by atoms with van der Waals surface area (Å²) in [6.07, 6.45) is -6.85. The molecule has 1 heterocycles. The Morgan fingerprint density at radius 3 is 1.79 bits per heavy atom. The van der Waals surface area contributed by atoms with Crippen LogP contribution in [-0.4, -0.2) is 30.1 Å². The van der Waals surface area contributed by atoms with E-state index in [0.29, 0.717) is 25.7 Å². The van der Waals surface area contributed by atoms with Crippen molar-refractivity contribution >= 4 is 11.9 Å². The number of nitrogens with zero attached hydrogens (tertiary/aromatic N) is 1. The molecule has 1 aromatic heterocycles. The number of hydrogen-bond donors (Lipinski definition) is 0. The molecule has 0 aliphatic heterocycles. The van der Waals surface area contributed by atoms with Gasteiger partial charge in [0.25, 0.3) is 6.43 Å². The zero-order chi connectivity index (χ0) is 22.2. The van der Waals surface area contributed by atoms with E-state index in [4.69, 9.17) is 9.47 Å². The molecule has 0 unspecified atom stereocenters. The van der Waals surface area contributed by atoms with Crippen LogP contribution in [0.5, 0.6) is 0 Å². The Balaban J connectivity index is 3.67. The van der Waals surface area contributed by atoms with Crippen LogP contribution in [-0.2, 0) is 22.1 Å². The second kappa shape index (κ2) is 11.1. The van der Waals surface area contributed by atoms with Crippen molar-refractivity contribution in [2.45, 2.75) is 65.5 Å². The third-order valence-corrected chi connectivity index (χ3v) is 4.03. The van der Waals surface area contributed by atoms with Gasteiger partial charge in [-0.15, -0.1) is 0 Å². The van der Waals surface area contributed by atoms with Crippen LogP contribution >= 0.6 is 0 Å². The van der Waals surface area contributed by atoms with Gasteiger partial charge in [0.1, 0.15) is 5.69 Å². The Bertz CT molecular complexity index is 720. The van der Waals surface area contributed by atoms with Crippen molar-refractivity contribution < 1.29 is 41.0 Å². The average molecular weight is 425 g/mol. The molecule has 0 atom stereocenters. The molecule has 0 aliphatic carbocycles. The quantitative estimate of drug-likeness (QED) is 0.281. The van der Waals surface area contributed by atoms with Gasteiger partial charge in [-0.2, -0.15) is 13.2 Å². The van der Waals surface area contributed by atoms with Crippen LogP contribution in [0.4, 0.5) is 22.0 Å². The van der Waals surface area contributed by atoms with E-state index < -0.39 is 52.6 Å². The van der Waals surface area contributed by atoms with Gasteiger partial charge in [0.15, 0.2) is 5.69 Å². The lowest BCUT2D eigenvalue weighted by atomic mass is 9.95. The molecule has 164 valence electrons. The molecule has 0 saturated carbocycles. The summed E-state index contributed by atoms with van der Waals surface area (Å²) in [5, 5.41) is 0. The highest BCUT2D eigenvalue weighted by atomic mass is 19.4. The largest absolute Gasteiger partial charge is 0.462 e. The summed E-state index contributed by atoms with van der Waals surface area (Å²) >= 11 is 0. The van der Waals surface area contributed by atoms with Crippen molar-refractivity contribution in [1.82, 2.24) is 4.98 Å². The van der Waals surface area contributed by atoms with E-state index in [9.17, 15) is 31.5 Å². The minimum atomic E-state index is -5.20. The fourth-order valence-electron chi connectivity index (χ4n) is 2.58. The molecule has 0 saturated heterocycles. The number of hydrogen-bond acceptors (Lipinski definition) is 5. The molecule has 0 aromatic carbocycles. The van der Waals surface area contributed by atoms with Crippen LogP contribution in [0.3, 0.4) is 0 Å². The zero-order valence-electron chi connectivity index (χ0n) is 16.5. The Morgan fingerprint density at radius 2 is 1.41 bits per heavy atom. The molecule has 1 aromatic rings. The van der Waals surface area contributed by atoms with Gasteiger partial charge in [0, 0.05) is 0 Å². The maximum absolute atomic E-state index is 13.5. The molecule has 0 radical (unpaired) electrons. The first kappa shape index (κ1) is 24.8. The van der Waals surface area contributed by atoms with Gasteiger partial charge in [-0.1, -0.05) is 33.6 Å². The molecule has 1 rings (SSSR count). The molecule has 0 spiro atoms. The van der Waals surface area contributed by atoms with Crippen molar-refractivity contribution in [3.63, 3.8) is 0 Å². The van der Waals surface area contributed by atoms with Crippen LogP contribution in [0.1, 0.15) is 90.5 Å². The maximum atomic E-state index is 13.5. The molecule has 0 fully saturated rings. The molecule has 29 heavy (non-hydrogen) atoms. The van der Waals surface area contributed by atoms with E-state index in [0.717, 1.165) is 0 Å². The van der Waals surface area contributed by atoms with Crippen LogP contribution in [0.15, 0.2) is 0 Å². The number of rotatable bonds is 10. The van der Waals surface area contributed by atoms with Gasteiger partial charge in [-0.3, -0.25) is 0 Å². The minimum absolute atomic E-state index is 0.0987. The highest BCUT2D eigenvalue weighted by Crippen LogP contribution is 2.37. The number of pyridine rings is 1. The van der Waals surface area contributed by atoms with E-state index in [1.165, 1.54) is 6.92 Å². The Kier molecular flexibility index (Phi) is 9.45. The highest BCUT2D eigenvalue weighted by molar-refractivity contribution is 5.99. The highest BCUT2D eigenvalue weighted by Gasteiger charge is 2.42. The predicted molar refractivity (Wildman–Crippen MR) is 94.0 cm³/mol. The van der Waals surface area contributed by atoms with Gasteiger partial charge >= 0.3 is 18.1 Å². The number of esters is 2. The second-order valence-electron chi connectivity index (χ2n) is 6.21. The smallest absolute Gasteiger partial charge is 0.434 e. The van der Waals surface area contributed by atoms with Crippen molar-refractivity contribution in [3.05, 3.63) is 28.1 Å². The van der Waals surface area contributed by atoms with Crippen LogP contribution < -0.4 is 0 Å². The Hall–Kier alpha value is -2.26. The number of alkyl halides is 5. The van der Waals surface area contributed by atoms with Crippen LogP contribution in [0.25, 0.3) is 0 Å². The summed E-state index contributed by atoms with van der Waals surface area (Å²) < 4.78 is 77.3. The molecule has 10 heteroatoms. The summed E-state index contributed by atoms with van der Waals surface area (Å²) in [7, 11) is 0. The maximum Gasteiger partial charge on any atom is 0.434 e. The number of unbranched alkanes of at least 4 members (excludes halogenated alkanes) is 2. The molecule has 0 N–H and O–H groups in total. The summed E-state index contributed by atoms with van der Waals surface area (Å²) in [6, 6.07) is 0. The fourth-order valence-corrected chi connectivity index (χ4v) is 2.58. The van der Waals surface area contributed by atoms with E-state index in [1.54, 1.807) is 13.8 Å². The van der Waals surface area contributed by atoms with Crippen molar-refractivity contribution in [2.24, 2.45) is 0 Å². The van der Waals surface area contributed by atoms with Crippen LogP contribution in [0.2, 0.25) is 0 Å². The van der Waals surface area contributed by atoms with Crippen molar-refractivity contribution in [1.29, 1.82) is 0 Å². The topological polar surface area (TPSA) is 65.5 Å². The number of carbonyl (C=O) groups is 2. The van der Waals surface area contributed by atoms with Gasteiger partial charge in [-0.05, 0) is 24.8 Å². The number of halogens is 5. The minimum Gasteiger partial charge on any atom is -0.462 e. The second-order valence-corrected chi connectivity index (χ2v) is 6.21. The summed E-state index contributed by atoms with van der Waals surface area (Å²) in [5.74, 6) is -2.60.